The third-order valence-corrected chi connectivity index (χ3v) is 3.45. The van der Waals surface area contributed by atoms with E-state index in [1.807, 2.05) is 6.92 Å². The van der Waals surface area contributed by atoms with Gasteiger partial charge < -0.3 is 15.2 Å². The summed E-state index contributed by atoms with van der Waals surface area (Å²) < 4.78 is 5.42. The quantitative estimate of drug-likeness (QED) is 0.683. The number of nitrogens with one attached hydrogen (secondary N) is 1. The van der Waals surface area contributed by atoms with E-state index >= 15 is 0 Å². The molecular formula is C16H22ClNO4. The molecule has 1 aromatic carbocycles. The van der Waals surface area contributed by atoms with Crippen molar-refractivity contribution < 1.29 is 19.4 Å². The van der Waals surface area contributed by atoms with Crippen LogP contribution in [0.5, 0.6) is 0 Å². The zero-order valence-corrected chi connectivity index (χ0v) is 13.6. The van der Waals surface area contributed by atoms with Gasteiger partial charge in [-0.3, -0.25) is 9.59 Å². The van der Waals surface area contributed by atoms with E-state index in [1.54, 1.807) is 31.2 Å². The average Bonchev–Trinajstić information content (AvgIpc) is 2.47. The Morgan fingerprint density at radius 2 is 1.95 bits per heavy atom. The van der Waals surface area contributed by atoms with E-state index in [0.717, 1.165) is 12.8 Å². The molecule has 0 aliphatic heterocycles. The average molecular weight is 328 g/mol. The summed E-state index contributed by atoms with van der Waals surface area (Å²) in [6, 6.07) is 6.13. The minimum absolute atomic E-state index is 0.199. The number of rotatable bonds is 9. The lowest BCUT2D eigenvalue weighted by Crippen LogP contribution is -2.38. The third kappa shape index (κ3) is 6.45. The number of benzene rings is 1. The van der Waals surface area contributed by atoms with Gasteiger partial charge in [-0.1, -0.05) is 37.1 Å². The molecule has 0 aromatic heterocycles. The fourth-order valence-corrected chi connectivity index (χ4v) is 2.02. The second-order valence-corrected chi connectivity index (χ2v) is 5.51. The lowest BCUT2D eigenvalue weighted by molar-refractivity contribution is -0.138. The fourth-order valence-electron chi connectivity index (χ4n) is 1.89. The molecule has 1 unspecified atom stereocenters. The van der Waals surface area contributed by atoms with Crippen molar-refractivity contribution in [1.82, 2.24) is 5.32 Å². The molecule has 2 N–H and O–H groups in total. The summed E-state index contributed by atoms with van der Waals surface area (Å²) in [4.78, 5) is 23.1. The molecule has 0 radical (unpaired) electrons. The highest BCUT2D eigenvalue weighted by Crippen LogP contribution is 2.20. The van der Waals surface area contributed by atoms with E-state index in [1.165, 1.54) is 0 Å². The normalized spacial score (nSPS) is 13.4. The molecule has 0 aliphatic carbocycles. The Morgan fingerprint density at radius 1 is 1.32 bits per heavy atom. The largest absolute Gasteiger partial charge is 0.481 e. The number of aliphatic carboxylic acids is 1. The lowest BCUT2D eigenvalue weighted by atomic mass is 10.0. The van der Waals surface area contributed by atoms with Gasteiger partial charge in [-0.05, 0) is 31.0 Å². The first-order chi connectivity index (χ1) is 10.4. The summed E-state index contributed by atoms with van der Waals surface area (Å²) in [7, 11) is 0. The maximum atomic E-state index is 12.1. The van der Waals surface area contributed by atoms with Crippen LogP contribution in [0.1, 0.15) is 44.7 Å². The lowest BCUT2D eigenvalue weighted by Gasteiger charge is -2.20. The maximum absolute atomic E-state index is 12.1. The number of amides is 1. The summed E-state index contributed by atoms with van der Waals surface area (Å²) in [6.07, 6.45) is 1.05. The van der Waals surface area contributed by atoms with Gasteiger partial charge in [0, 0.05) is 11.6 Å². The van der Waals surface area contributed by atoms with E-state index < -0.39 is 18.1 Å². The topological polar surface area (TPSA) is 75.6 Å². The van der Waals surface area contributed by atoms with E-state index in [4.69, 9.17) is 21.4 Å². The molecule has 2 atom stereocenters. The van der Waals surface area contributed by atoms with Crippen molar-refractivity contribution >= 4 is 23.5 Å². The van der Waals surface area contributed by atoms with Crippen LogP contribution in [-0.2, 0) is 14.3 Å². The van der Waals surface area contributed by atoms with Crippen LogP contribution in [0.2, 0.25) is 5.02 Å². The standard InChI is InChI=1S/C16H22ClNO4/c1-3-4-9-22-11(2)16(21)18-14(10-15(19)20)12-5-7-13(17)8-6-12/h5-8,11,14H,3-4,9-10H2,1-2H3,(H,18,21)(H,19,20)/t11?,14-/m0/s1. The van der Waals surface area contributed by atoms with Gasteiger partial charge in [-0.15, -0.1) is 0 Å². The molecule has 0 aliphatic rings. The van der Waals surface area contributed by atoms with Crippen LogP contribution in [0, 0.1) is 0 Å². The minimum Gasteiger partial charge on any atom is -0.481 e. The first-order valence-corrected chi connectivity index (χ1v) is 7.71. The number of hydrogen-bond acceptors (Lipinski definition) is 3. The molecular weight excluding hydrogens is 306 g/mol. The number of carbonyl (C=O) groups excluding carboxylic acids is 1. The number of carbonyl (C=O) groups is 2. The van der Waals surface area contributed by atoms with E-state index in [-0.39, 0.29) is 12.3 Å². The second-order valence-electron chi connectivity index (χ2n) is 5.08. The molecule has 0 fully saturated rings. The molecule has 122 valence electrons. The summed E-state index contributed by atoms with van der Waals surface area (Å²) in [6.45, 7) is 4.21. The van der Waals surface area contributed by atoms with Gasteiger partial charge in [0.1, 0.15) is 6.10 Å². The van der Waals surface area contributed by atoms with Crippen molar-refractivity contribution in [3.63, 3.8) is 0 Å². The Labute approximate surface area is 135 Å². The van der Waals surface area contributed by atoms with E-state index in [0.29, 0.717) is 17.2 Å². The predicted octanol–water partition coefficient (Wildman–Crippen LogP) is 3.18. The number of hydrogen-bond donors (Lipinski definition) is 2. The summed E-state index contributed by atoms with van der Waals surface area (Å²) >= 11 is 5.83. The van der Waals surface area contributed by atoms with Crippen LogP contribution < -0.4 is 5.32 Å². The number of ether oxygens (including phenoxy) is 1. The van der Waals surface area contributed by atoms with Crippen molar-refractivity contribution in [3.8, 4) is 0 Å². The van der Waals surface area contributed by atoms with Crippen LogP contribution in [-0.4, -0.2) is 29.7 Å². The Kier molecular flexibility index (Phi) is 7.91. The molecule has 0 heterocycles. The predicted molar refractivity (Wildman–Crippen MR) is 84.9 cm³/mol. The highest BCUT2D eigenvalue weighted by molar-refractivity contribution is 6.30. The van der Waals surface area contributed by atoms with Crippen molar-refractivity contribution in [2.45, 2.75) is 45.3 Å². The Balaban J connectivity index is 2.70. The van der Waals surface area contributed by atoms with Crippen LogP contribution in [0.4, 0.5) is 0 Å². The van der Waals surface area contributed by atoms with Crippen molar-refractivity contribution in [2.24, 2.45) is 0 Å². The monoisotopic (exact) mass is 327 g/mol. The van der Waals surface area contributed by atoms with Crippen LogP contribution in [0.15, 0.2) is 24.3 Å². The van der Waals surface area contributed by atoms with Crippen molar-refractivity contribution in [3.05, 3.63) is 34.9 Å². The summed E-state index contributed by atoms with van der Waals surface area (Å²) in [5.41, 5.74) is 0.695. The van der Waals surface area contributed by atoms with Crippen molar-refractivity contribution in [2.75, 3.05) is 6.61 Å². The van der Waals surface area contributed by atoms with Gasteiger partial charge in [-0.2, -0.15) is 0 Å². The van der Waals surface area contributed by atoms with Gasteiger partial charge >= 0.3 is 5.97 Å². The van der Waals surface area contributed by atoms with Gasteiger partial charge in [-0.25, -0.2) is 0 Å². The van der Waals surface area contributed by atoms with Crippen molar-refractivity contribution in [1.29, 1.82) is 0 Å². The zero-order chi connectivity index (χ0) is 16.5. The highest BCUT2D eigenvalue weighted by atomic mass is 35.5. The Bertz CT molecular complexity index is 489. The smallest absolute Gasteiger partial charge is 0.305 e. The molecule has 6 heteroatoms. The van der Waals surface area contributed by atoms with Gasteiger partial charge in [0.15, 0.2) is 0 Å². The van der Waals surface area contributed by atoms with Crippen LogP contribution >= 0.6 is 11.6 Å². The number of unbranched alkanes of at least 4 members (excludes halogenated alkanes) is 1. The third-order valence-electron chi connectivity index (χ3n) is 3.20. The summed E-state index contributed by atoms with van der Waals surface area (Å²) in [5, 5.41) is 12.3. The number of carboxylic acids is 1. The fraction of sp³-hybridized carbons (Fsp3) is 0.500. The SMILES string of the molecule is CCCCOC(C)C(=O)N[C@@H](CC(=O)O)c1ccc(Cl)cc1. The molecule has 0 spiro atoms. The number of halogens is 1. The molecule has 0 bridgehead atoms. The van der Waals surface area contributed by atoms with Gasteiger partial charge in [0.2, 0.25) is 5.91 Å². The molecule has 1 rings (SSSR count). The Hall–Kier alpha value is -1.59. The maximum Gasteiger partial charge on any atom is 0.305 e. The number of carboxylic acid groups (broad SMARTS) is 1. The van der Waals surface area contributed by atoms with E-state index in [9.17, 15) is 9.59 Å². The van der Waals surface area contributed by atoms with Crippen LogP contribution in [0.3, 0.4) is 0 Å². The molecule has 1 aromatic rings. The van der Waals surface area contributed by atoms with Gasteiger partial charge in [0.05, 0.1) is 12.5 Å². The van der Waals surface area contributed by atoms with Gasteiger partial charge in [0.25, 0.3) is 0 Å². The van der Waals surface area contributed by atoms with E-state index in [2.05, 4.69) is 5.32 Å². The molecule has 0 saturated carbocycles. The second kappa shape index (κ2) is 9.43. The zero-order valence-electron chi connectivity index (χ0n) is 12.8. The molecule has 0 saturated heterocycles. The minimum atomic E-state index is -0.986. The first-order valence-electron chi connectivity index (χ1n) is 7.33. The highest BCUT2D eigenvalue weighted by Gasteiger charge is 2.21. The molecule has 1 amide bonds. The Morgan fingerprint density at radius 3 is 2.50 bits per heavy atom. The molecule has 5 nitrogen and oxygen atoms in total. The molecule has 22 heavy (non-hydrogen) atoms. The first kappa shape index (κ1) is 18.5. The van der Waals surface area contributed by atoms with Crippen LogP contribution in [0.25, 0.3) is 0 Å². The summed E-state index contributed by atoms with van der Waals surface area (Å²) in [5.74, 6) is -1.31.